The maximum Gasteiger partial charge on any atom is 0.248 e. The van der Waals surface area contributed by atoms with Crippen LogP contribution in [-0.2, 0) is 13.3 Å². The monoisotopic (exact) mass is 674 g/mol. The number of aromatic nitrogens is 6. The number of nitrogens with one attached hydrogen (secondary N) is 2. The van der Waals surface area contributed by atoms with Gasteiger partial charge in [0.05, 0.1) is 18.0 Å². The summed E-state index contributed by atoms with van der Waals surface area (Å²) in [7, 11) is 0. The number of aryl methyl sites for hydroxylation is 4. The van der Waals surface area contributed by atoms with E-state index >= 15 is 0 Å². The summed E-state index contributed by atoms with van der Waals surface area (Å²) in [5.74, 6) is -2.90. The largest absolute Gasteiger partial charge is 0.392 e. The van der Waals surface area contributed by atoms with Crippen LogP contribution in [0.1, 0.15) is 85.3 Å². The molecular weight excluding hydrogens is 631 g/mol. The van der Waals surface area contributed by atoms with E-state index in [1.54, 1.807) is 33.6 Å². The zero-order valence-electron chi connectivity index (χ0n) is 27.7. The van der Waals surface area contributed by atoms with Gasteiger partial charge < -0.3 is 15.7 Å². The molecular formula is C34H43F5N8O. The van der Waals surface area contributed by atoms with Gasteiger partial charge in [0.25, 0.3) is 0 Å². The smallest absolute Gasteiger partial charge is 0.248 e. The third-order valence-corrected chi connectivity index (χ3v) is 8.67. The molecule has 14 heteroatoms. The number of anilines is 2. The summed E-state index contributed by atoms with van der Waals surface area (Å²) < 4.78 is 69.7. The van der Waals surface area contributed by atoms with E-state index in [0.29, 0.717) is 60.1 Å². The second-order valence-electron chi connectivity index (χ2n) is 13.0. The fourth-order valence-electron chi connectivity index (χ4n) is 6.18. The Kier molecular flexibility index (Phi) is 10.7. The number of halogens is 5. The van der Waals surface area contributed by atoms with Crippen LogP contribution in [0.4, 0.5) is 33.6 Å². The van der Waals surface area contributed by atoms with E-state index in [0.717, 1.165) is 22.8 Å². The lowest BCUT2D eigenvalue weighted by Crippen LogP contribution is -2.32. The second kappa shape index (κ2) is 14.6. The molecule has 3 N–H and O–H groups in total. The molecule has 2 aliphatic carbocycles. The SMILES string of the molecule is Cc1cc(C)n(-c2cc(CF)cc(NC3CCC(F)(F)CC3)n2)n1.Cc1cc(C)n(-c2cc(CO)cc(NC3CCC(F)(F)CC3)n2)n1. The molecule has 4 aromatic rings. The molecule has 2 aliphatic rings. The van der Waals surface area contributed by atoms with E-state index in [1.807, 2.05) is 39.8 Å². The van der Waals surface area contributed by atoms with Crippen molar-refractivity contribution in [2.24, 2.45) is 0 Å². The number of hydrogen-bond acceptors (Lipinski definition) is 7. The zero-order valence-corrected chi connectivity index (χ0v) is 27.7. The molecule has 260 valence electrons. The number of nitrogens with zero attached hydrogens (tertiary/aromatic N) is 6. The van der Waals surface area contributed by atoms with Gasteiger partial charge in [0, 0.05) is 49.2 Å². The molecule has 0 bridgehead atoms. The van der Waals surface area contributed by atoms with E-state index in [-0.39, 0.29) is 44.4 Å². The Morgan fingerprint density at radius 1 is 0.667 bits per heavy atom. The van der Waals surface area contributed by atoms with Crippen molar-refractivity contribution in [1.82, 2.24) is 29.5 Å². The summed E-state index contributed by atoms with van der Waals surface area (Å²) in [6, 6.07) is 10.6. The molecule has 0 spiro atoms. The molecule has 0 amide bonds. The minimum atomic E-state index is -2.57. The third kappa shape index (κ3) is 9.09. The van der Waals surface area contributed by atoms with Crippen molar-refractivity contribution in [3.05, 3.63) is 70.3 Å². The van der Waals surface area contributed by atoms with Crippen LogP contribution in [0, 0.1) is 27.7 Å². The van der Waals surface area contributed by atoms with Gasteiger partial charge in [0.2, 0.25) is 11.8 Å². The zero-order chi connectivity index (χ0) is 34.6. The van der Waals surface area contributed by atoms with Crippen molar-refractivity contribution in [2.75, 3.05) is 10.6 Å². The van der Waals surface area contributed by atoms with Crippen LogP contribution >= 0.6 is 0 Å². The Balaban J connectivity index is 0.000000188. The standard InChI is InChI=1S/C17H21F3N4.C17H22F2N4O/c1-11-7-12(2)24(23-11)16-9-13(10-18)8-15(22-16)21-14-3-5-17(19,20)6-4-14;1-11-7-12(2)23(22-11)16-9-13(10-24)8-15(21-16)20-14-3-5-17(18,19)6-4-14/h7-9,14H,3-6,10H2,1-2H3,(H,21,22);7-9,14,24H,3-6,10H2,1-2H3,(H,20,21). The number of pyridine rings is 2. The predicted octanol–water partition coefficient (Wildman–Crippen LogP) is 7.71. The Labute approximate surface area is 277 Å². The average molecular weight is 675 g/mol. The van der Waals surface area contributed by atoms with Gasteiger partial charge in [-0.15, -0.1) is 0 Å². The van der Waals surface area contributed by atoms with Gasteiger partial charge in [-0.2, -0.15) is 10.2 Å². The predicted molar refractivity (Wildman–Crippen MR) is 174 cm³/mol. The normalized spacial score (nSPS) is 17.9. The van der Waals surface area contributed by atoms with E-state index in [2.05, 4.69) is 30.8 Å². The Hall–Kier alpha value is -4.07. The molecule has 2 fully saturated rings. The van der Waals surface area contributed by atoms with E-state index in [9.17, 15) is 27.1 Å². The van der Waals surface area contributed by atoms with Gasteiger partial charge in [-0.05, 0) is 101 Å². The molecule has 48 heavy (non-hydrogen) atoms. The fourth-order valence-corrected chi connectivity index (χ4v) is 6.18. The molecule has 4 aromatic heterocycles. The van der Waals surface area contributed by atoms with Crippen LogP contribution in [-0.4, -0.2) is 58.6 Å². The molecule has 0 saturated heterocycles. The highest BCUT2D eigenvalue weighted by atomic mass is 19.3. The van der Waals surface area contributed by atoms with Crippen LogP contribution in [0.5, 0.6) is 0 Å². The average Bonchev–Trinajstić information content (AvgIpc) is 3.57. The van der Waals surface area contributed by atoms with Crippen molar-refractivity contribution in [2.45, 2.75) is 116 Å². The first-order valence-electron chi connectivity index (χ1n) is 16.3. The quantitative estimate of drug-likeness (QED) is 0.165. The summed E-state index contributed by atoms with van der Waals surface area (Å²) in [5.41, 5.74) is 4.77. The second-order valence-corrected chi connectivity index (χ2v) is 13.0. The van der Waals surface area contributed by atoms with E-state index in [1.165, 1.54) is 0 Å². The van der Waals surface area contributed by atoms with Gasteiger partial charge in [-0.3, -0.25) is 0 Å². The molecule has 0 radical (unpaired) electrons. The van der Waals surface area contributed by atoms with Crippen molar-refractivity contribution >= 4 is 11.6 Å². The highest BCUT2D eigenvalue weighted by Crippen LogP contribution is 2.35. The maximum absolute atomic E-state index is 13.3. The molecule has 6 rings (SSSR count). The third-order valence-electron chi connectivity index (χ3n) is 8.67. The van der Waals surface area contributed by atoms with Crippen molar-refractivity contribution in [1.29, 1.82) is 0 Å². The summed E-state index contributed by atoms with van der Waals surface area (Å²) in [6.45, 7) is 6.88. The molecule has 0 atom stereocenters. The molecule has 4 heterocycles. The summed E-state index contributed by atoms with van der Waals surface area (Å²) in [4.78, 5) is 9.04. The van der Waals surface area contributed by atoms with Gasteiger partial charge in [-0.25, -0.2) is 41.3 Å². The summed E-state index contributed by atoms with van der Waals surface area (Å²) in [6.07, 6.45) is 1.12. The molecule has 0 aliphatic heterocycles. The lowest BCUT2D eigenvalue weighted by atomic mass is 9.92. The summed E-state index contributed by atoms with van der Waals surface area (Å²) in [5, 5.41) is 24.7. The number of hydrogen-bond donors (Lipinski definition) is 3. The van der Waals surface area contributed by atoms with Gasteiger partial charge in [-0.1, -0.05) is 0 Å². The minimum Gasteiger partial charge on any atom is -0.392 e. The lowest BCUT2D eigenvalue weighted by Gasteiger charge is -2.29. The van der Waals surface area contributed by atoms with Crippen molar-refractivity contribution < 1.29 is 27.1 Å². The number of alkyl halides is 5. The minimum absolute atomic E-state index is 0.0284. The first-order valence-corrected chi connectivity index (χ1v) is 16.3. The highest BCUT2D eigenvalue weighted by molar-refractivity contribution is 5.46. The van der Waals surface area contributed by atoms with Crippen LogP contribution in [0.25, 0.3) is 11.6 Å². The van der Waals surface area contributed by atoms with Crippen molar-refractivity contribution in [3.63, 3.8) is 0 Å². The number of aliphatic hydroxyl groups excluding tert-OH is 1. The van der Waals surface area contributed by atoms with Crippen LogP contribution in [0.15, 0.2) is 36.4 Å². The Morgan fingerprint density at radius 3 is 1.42 bits per heavy atom. The molecule has 0 aromatic carbocycles. The Bertz CT molecular complexity index is 1560. The first-order chi connectivity index (χ1) is 22.7. The van der Waals surface area contributed by atoms with Gasteiger partial charge in [0.1, 0.15) is 18.3 Å². The van der Waals surface area contributed by atoms with E-state index < -0.39 is 18.5 Å². The summed E-state index contributed by atoms with van der Waals surface area (Å²) >= 11 is 0. The van der Waals surface area contributed by atoms with Crippen LogP contribution in [0.3, 0.4) is 0 Å². The molecule has 0 unspecified atom stereocenters. The van der Waals surface area contributed by atoms with E-state index in [4.69, 9.17) is 0 Å². The van der Waals surface area contributed by atoms with Crippen LogP contribution < -0.4 is 10.6 Å². The first kappa shape index (κ1) is 35.2. The Morgan fingerprint density at radius 2 is 1.06 bits per heavy atom. The topological polar surface area (TPSA) is 106 Å². The van der Waals surface area contributed by atoms with Crippen LogP contribution in [0.2, 0.25) is 0 Å². The highest BCUT2D eigenvalue weighted by Gasteiger charge is 2.36. The maximum atomic E-state index is 13.3. The number of rotatable bonds is 8. The molecule has 2 saturated carbocycles. The van der Waals surface area contributed by atoms with Gasteiger partial charge in [0.15, 0.2) is 11.6 Å². The molecule has 9 nitrogen and oxygen atoms in total. The fraction of sp³-hybridized carbons (Fsp3) is 0.529. The van der Waals surface area contributed by atoms with Gasteiger partial charge >= 0.3 is 0 Å². The van der Waals surface area contributed by atoms with Crippen molar-refractivity contribution in [3.8, 4) is 11.6 Å². The lowest BCUT2D eigenvalue weighted by molar-refractivity contribution is -0.0366. The number of aliphatic hydroxyl groups is 1.